The molecule has 0 atom stereocenters. The number of aromatic nitrogens is 2. The maximum absolute atomic E-state index is 4.37. The van der Waals surface area contributed by atoms with Gasteiger partial charge in [0.2, 0.25) is 0 Å². The monoisotopic (exact) mass is 390 g/mol. The summed E-state index contributed by atoms with van der Waals surface area (Å²) in [6, 6.07) is 0. The minimum absolute atomic E-state index is 0.182. The van der Waals surface area contributed by atoms with Crippen LogP contribution < -0.4 is 0 Å². The van der Waals surface area contributed by atoms with Gasteiger partial charge in [0.15, 0.2) is 0 Å². The standard InChI is InChI=1S/C8H12I2N2/c1-8(2,3)6-5(9)7(10)11-12(6)4/h1-4H3. The number of aryl methyl sites for hydroxylation is 1. The third-order valence-electron chi connectivity index (χ3n) is 1.66. The molecule has 0 amide bonds. The Kier molecular flexibility index (Phi) is 3.08. The van der Waals surface area contributed by atoms with E-state index in [1.165, 1.54) is 9.26 Å². The zero-order valence-corrected chi connectivity index (χ0v) is 12.0. The minimum atomic E-state index is 0.182. The van der Waals surface area contributed by atoms with Gasteiger partial charge >= 0.3 is 0 Å². The Labute approximate surface area is 100 Å². The van der Waals surface area contributed by atoms with E-state index in [-0.39, 0.29) is 5.41 Å². The van der Waals surface area contributed by atoms with E-state index in [1.807, 2.05) is 11.7 Å². The van der Waals surface area contributed by atoms with E-state index < -0.39 is 0 Å². The van der Waals surface area contributed by atoms with Crippen molar-refractivity contribution in [2.75, 3.05) is 0 Å². The predicted molar refractivity (Wildman–Crippen MR) is 67.3 cm³/mol. The largest absolute Gasteiger partial charge is 0.270 e. The molecule has 0 aliphatic heterocycles. The van der Waals surface area contributed by atoms with Crippen LogP contribution in [0.25, 0.3) is 0 Å². The third kappa shape index (κ3) is 1.94. The highest BCUT2D eigenvalue weighted by Crippen LogP contribution is 2.29. The van der Waals surface area contributed by atoms with E-state index in [4.69, 9.17) is 0 Å². The van der Waals surface area contributed by atoms with Crippen molar-refractivity contribution in [3.05, 3.63) is 13.0 Å². The maximum Gasteiger partial charge on any atom is 0.136 e. The summed E-state index contributed by atoms with van der Waals surface area (Å²) in [5.74, 6) is 0. The number of hydrogen-bond acceptors (Lipinski definition) is 1. The minimum Gasteiger partial charge on any atom is -0.270 e. The molecule has 0 saturated carbocycles. The molecule has 0 aliphatic carbocycles. The predicted octanol–water partition coefficient (Wildman–Crippen LogP) is 2.93. The number of rotatable bonds is 0. The third-order valence-corrected chi connectivity index (χ3v) is 4.47. The summed E-state index contributed by atoms with van der Waals surface area (Å²) in [5.41, 5.74) is 1.49. The highest BCUT2D eigenvalue weighted by molar-refractivity contribution is 14.1. The lowest BCUT2D eigenvalue weighted by Gasteiger charge is -2.19. The Balaban J connectivity index is 3.32. The van der Waals surface area contributed by atoms with E-state index in [0.717, 1.165) is 3.70 Å². The molecule has 2 nitrogen and oxygen atoms in total. The molecule has 0 radical (unpaired) electrons. The molecule has 1 aromatic rings. The summed E-state index contributed by atoms with van der Waals surface area (Å²) in [7, 11) is 2.00. The van der Waals surface area contributed by atoms with Crippen LogP contribution >= 0.6 is 45.2 Å². The molecule has 12 heavy (non-hydrogen) atoms. The number of nitrogens with zero attached hydrogens (tertiary/aromatic N) is 2. The van der Waals surface area contributed by atoms with Crippen LogP contribution in [0.3, 0.4) is 0 Å². The first kappa shape index (κ1) is 10.7. The van der Waals surface area contributed by atoms with Crippen molar-refractivity contribution in [1.82, 2.24) is 9.78 Å². The van der Waals surface area contributed by atoms with Gasteiger partial charge in [-0.2, -0.15) is 5.10 Å². The summed E-state index contributed by atoms with van der Waals surface area (Å²) in [6.45, 7) is 6.63. The first-order valence-electron chi connectivity index (χ1n) is 3.72. The SMILES string of the molecule is Cn1nc(I)c(I)c1C(C)(C)C. The first-order chi connectivity index (χ1) is 5.34. The Morgan fingerprint density at radius 2 is 1.75 bits per heavy atom. The van der Waals surface area contributed by atoms with Crippen LogP contribution in [0.2, 0.25) is 0 Å². The summed E-state index contributed by atoms with van der Waals surface area (Å²) in [4.78, 5) is 0. The van der Waals surface area contributed by atoms with Gasteiger partial charge in [0.05, 0.1) is 9.26 Å². The van der Waals surface area contributed by atoms with E-state index >= 15 is 0 Å². The second-order valence-corrected chi connectivity index (χ2v) is 5.93. The lowest BCUT2D eigenvalue weighted by molar-refractivity contribution is 0.520. The zero-order valence-electron chi connectivity index (χ0n) is 7.65. The fraction of sp³-hybridized carbons (Fsp3) is 0.625. The maximum atomic E-state index is 4.37. The normalized spacial score (nSPS) is 12.2. The molecule has 0 N–H and O–H groups in total. The molecule has 0 unspecified atom stereocenters. The van der Waals surface area contributed by atoms with Gasteiger partial charge in [0, 0.05) is 12.5 Å². The molecular formula is C8H12I2N2. The van der Waals surface area contributed by atoms with Crippen molar-refractivity contribution in [2.45, 2.75) is 26.2 Å². The van der Waals surface area contributed by atoms with Gasteiger partial charge in [-0.3, -0.25) is 4.68 Å². The smallest absolute Gasteiger partial charge is 0.136 e. The van der Waals surface area contributed by atoms with Crippen molar-refractivity contribution in [3.63, 3.8) is 0 Å². The molecule has 68 valence electrons. The topological polar surface area (TPSA) is 17.8 Å². The Hall–Kier alpha value is 0.670. The van der Waals surface area contributed by atoms with Crippen molar-refractivity contribution in [3.8, 4) is 0 Å². The fourth-order valence-electron chi connectivity index (χ4n) is 1.28. The van der Waals surface area contributed by atoms with E-state index in [9.17, 15) is 0 Å². The summed E-state index contributed by atoms with van der Waals surface area (Å²) >= 11 is 4.63. The van der Waals surface area contributed by atoms with Crippen molar-refractivity contribution >= 4 is 45.2 Å². The molecule has 4 heteroatoms. The summed E-state index contributed by atoms with van der Waals surface area (Å²) in [5, 5.41) is 4.37. The molecule has 1 aromatic heterocycles. The van der Waals surface area contributed by atoms with Gasteiger partial charge in [0.25, 0.3) is 0 Å². The quantitative estimate of drug-likeness (QED) is 0.624. The van der Waals surface area contributed by atoms with E-state index in [0.29, 0.717) is 0 Å². The highest BCUT2D eigenvalue weighted by atomic mass is 127. The van der Waals surface area contributed by atoms with Gasteiger partial charge in [0.1, 0.15) is 3.70 Å². The molecule has 1 rings (SSSR count). The molecular weight excluding hydrogens is 378 g/mol. The molecule has 0 fully saturated rings. The number of hydrogen-bond donors (Lipinski definition) is 0. The highest BCUT2D eigenvalue weighted by Gasteiger charge is 2.23. The lowest BCUT2D eigenvalue weighted by atomic mass is 9.92. The summed E-state index contributed by atoms with van der Waals surface area (Å²) in [6.07, 6.45) is 0. The molecule has 0 aliphatic rings. The van der Waals surface area contributed by atoms with Crippen molar-refractivity contribution in [2.24, 2.45) is 7.05 Å². The molecule has 0 aromatic carbocycles. The fourth-order valence-corrected chi connectivity index (χ4v) is 3.13. The first-order valence-corrected chi connectivity index (χ1v) is 5.88. The van der Waals surface area contributed by atoms with Crippen LogP contribution in [0.15, 0.2) is 0 Å². The van der Waals surface area contributed by atoms with E-state index in [1.54, 1.807) is 0 Å². The van der Waals surface area contributed by atoms with E-state index in [2.05, 4.69) is 71.1 Å². The molecule has 0 spiro atoms. The second kappa shape index (κ2) is 3.43. The number of halogens is 2. The van der Waals surface area contributed by atoms with Gasteiger partial charge in [-0.15, -0.1) is 0 Å². The average Bonchev–Trinajstić information content (AvgIpc) is 2.05. The second-order valence-electron chi connectivity index (χ2n) is 3.83. The molecule has 0 saturated heterocycles. The van der Waals surface area contributed by atoms with Crippen LogP contribution in [0, 0.1) is 7.27 Å². The zero-order chi connectivity index (χ0) is 9.52. The van der Waals surface area contributed by atoms with Crippen LogP contribution in [0.1, 0.15) is 26.5 Å². The van der Waals surface area contributed by atoms with Gasteiger partial charge in [-0.25, -0.2) is 0 Å². The Morgan fingerprint density at radius 3 is 1.92 bits per heavy atom. The lowest BCUT2D eigenvalue weighted by Crippen LogP contribution is -2.17. The van der Waals surface area contributed by atoms with Gasteiger partial charge in [-0.1, -0.05) is 20.8 Å². The average molecular weight is 390 g/mol. The summed E-state index contributed by atoms with van der Waals surface area (Å²) < 4.78 is 4.35. The molecule has 0 bridgehead atoms. The van der Waals surface area contributed by atoms with Crippen molar-refractivity contribution in [1.29, 1.82) is 0 Å². The van der Waals surface area contributed by atoms with Crippen LogP contribution in [0.4, 0.5) is 0 Å². The molecule has 1 heterocycles. The Bertz CT molecular complexity index is 297. The Morgan fingerprint density at radius 1 is 1.25 bits per heavy atom. The van der Waals surface area contributed by atoms with Gasteiger partial charge in [-0.05, 0) is 45.2 Å². The van der Waals surface area contributed by atoms with Crippen LogP contribution in [0.5, 0.6) is 0 Å². The van der Waals surface area contributed by atoms with Crippen molar-refractivity contribution < 1.29 is 0 Å². The van der Waals surface area contributed by atoms with Crippen LogP contribution in [-0.4, -0.2) is 9.78 Å². The van der Waals surface area contributed by atoms with Crippen LogP contribution in [-0.2, 0) is 12.5 Å². The van der Waals surface area contributed by atoms with Gasteiger partial charge < -0.3 is 0 Å².